The predicted molar refractivity (Wildman–Crippen MR) is 74.2 cm³/mol. The standard InChI is InChI=1S/C15H28N2/c1-12-3-7-15(8-4-12)16-10-9-14-6-5-13(2)17-11-14/h3,13-17H,4-11H2,1-2H3. The molecule has 1 fully saturated rings. The van der Waals surface area contributed by atoms with Gasteiger partial charge in [-0.15, -0.1) is 0 Å². The lowest BCUT2D eigenvalue weighted by Crippen LogP contribution is -2.39. The van der Waals surface area contributed by atoms with Crippen molar-refractivity contribution in [1.82, 2.24) is 10.6 Å². The first kappa shape index (κ1) is 13.1. The van der Waals surface area contributed by atoms with Crippen molar-refractivity contribution in [3.63, 3.8) is 0 Å². The molecule has 2 nitrogen and oxygen atoms in total. The van der Waals surface area contributed by atoms with Crippen LogP contribution in [0.2, 0.25) is 0 Å². The zero-order valence-electron chi connectivity index (χ0n) is 11.5. The van der Waals surface area contributed by atoms with E-state index in [1.54, 1.807) is 5.57 Å². The summed E-state index contributed by atoms with van der Waals surface area (Å²) in [5, 5.41) is 7.32. The highest BCUT2D eigenvalue weighted by Crippen LogP contribution is 2.19. The molecule has 1 aliphatic carbocycles. The molecule has 0 aromatic carbocycles. The van der Waals surface area contributed by atoms with Gasteiger partial charge >= 0.3 is 0 Å². The van der Waals surface area contributed by atoms with E-state index in [2.05, 4.69) is 30.6 Å². The summed E-state index contributed by atoms with van der Waals surface area (Å²) in [5.41, 5.74) is 1.58. The first-order valence-electron chi connectivity index (χ1n) is 7.36. The van der Waals surface area contributed by atoms with Crippen LogP contribution < -0.4 is 10.6 Å². The van der Waals surface area contributed by atoms with E-state index in [-0.39, 0.29) is 0 Å². The van der Waals surface area contributed by atoms with E-state index in [1.165, 1.54) is 51.6 Å². The minimum absolute atomic E-state index is 0.741. The average molecular weight is 236 g/mol. The van der Waals surface area contributed by atoms with E-state index >= 15 is 0 Å². The number of hydrogen-bond donors (Lipinski definition) is 2. The van der Waals surface area contributed by atoms with E-state index in [1.807, 2.05) is 0 Å². The summed E-state index contributed by atoms with van der Waals surface area (Å²) in [6.07, 6.45) is 10.4. The Bertz CT molecular complexity index is 252. The molecule has 0 saturated carbocycles. The van der Waals surface area contributed by atoms with Crippen molar-refractivity contribution in [3.05, 3.63) is 11.6 Å². The summed E-state index contributed by atoms with van der Waals surface area (Å²) >= 11 is 0. The van der Waals surface area contributed by atoms with Crippen LogP contribution in [-0.2, 0) is 0 Å². The molecule has 1 saturated heterocycles. The van der Waals surface area contributed by atoms with Gasteiger partial charge in [0.15, 0.2) is 0 Å². The number of allylic oxidation sites excluding steroid dienone is 1. The highest BCUT2D eigenvalue weighted by molar-refractivity contribution is 5.04. The lowest BCUT2D eigenvalue weighted by Gasteiger charge is -2.28. The molecule has 2 aliphatic rings. The van der Waals surface area contributed by atoms with Crippen molar-refractivity contribution in [2.45, 2.75) is 64.5 Å². The molecular weight excluding hydrogens is 208 g/mol. The van der Waals surface area contributed by atoms with E-state index in [9.17, 15) is 0 Å². The molecule has 0 aromatic heterocycles. The Morgan fingerprint density at radius 1 is 1.35 bits per heavy atom. The van der Waals surface area contributed by atoms with E-state index in [4.69, 9.17) is 0 Å². The molecule has 1 heterocycles. The third-order valence-electron chi connectivity index (χ3n) is 4.39. The summed E-state index contributed by atoms with van der Waals surface area (Å²) in [7, 11) is 0. The minimum atomic E-state index is 0.741. The number of nitrogens with one attached hydrogen (secondary N) is 2. The van der Waals surface area contributed by atoms with Gasteiger partial charge in [0.2, 0.25) is 0 Å². The molecule has 2 N–H and O–H groups in total. The van der Waals surface area contributed by atoms with Gasteiger partial charge in [-0.05, 0) is 71.4 Å². The van der Waals surface area contributed by atoms with Crippen LogP contribution in [0.4, 0.5) is 0 Å². The van der Waals surface area contributed by atoms with E-state index < -0.39 is 0 Å². The van der Waals surface area contributed by atoms with Crippen molar-refractivity contribution < 1.29 is 0 Å². The van der Waals surface area contributed by atoms with Crippen molar-refractivity contribution in [3.8, 4) is 0 Å². The van der Waals surface area contributed by atoms with Gasteiger partial charge in [-0.1, -0.05) is 11.6 Å². The Balaban J connectivity index is 1.57. The second kappa shape index (κ2) is 6.55. The van der Waals surface area contributed by atoms with Crippen molar-refractivity contribution >= 4 is 0 Å². The molecule has 98 valence electrons. The molecule has 0 bridgehead atoms. The fraction of sp³-hybridized carbons (Fsp3) is 0.867. The molecule has 17 heavy (non-hydrogen) atoms. The Labute approximate surface area is 106 Å². The van der Waals surface area contributed by atoms with Crippen molar-refractivity contribution in [2.24, 2.45) is 5.92 Å². The lowest BCUT2D eigenvalue weighted by atomic mass is 9.92. The van der Waals surface area contributed by atoms with Crippen molar-refractivity contribution in [1.29, 1.82) is 0 Å². The average Bonchev–Trinajstić information content (AvgIpc) is 2.34. The second-order valence-electron chi connectivity index (χ2n) is 6.02. The maximum Gasteiger partial charge on any atom is 0.0105 e. The first-order chi connectivity index (χ1) is 8.24. The highest BCUT2D eigenvalue weighted by Gasteiger charge is 2.18. The van der Waals surface area contributed by atoms with Crippen molar-refractivity contribution in [2.75, 3.05) is 13.1 Å². The molecule has 0 spiro atoms. The summed E-state index contributed by atoms with van der Waals surface area (Å²) in [6, 6.07) is 1.49. The van der Waals surface area contributed by atoms with Crippen LogP contribution in [-0.4, -0.2) is 25.2 Å². The quantitative estimate of drug-likeness (QED) is 0.734. The molecule has 0 amide bonds. The van der Waals surface area contributed by atoms with Crippen LogP contribution in [0.15, 0.2) is 11.6 Å². The number of hydrogen-bond acceptors (Lipinski definition) is 2. The normalized spacial score (nSPS) is 34.5. The van der Waals surface area contributed by atoms with Crippen LogP contribution in [0.1, 0.15) is 52.4 Å². The lowest BCUT2D eigenvalue weighted by molar-refractivity contribution is 0.300. The van der Waals surface area contributed by atoms with Gasteiger partial charge in [0.05, 0.1) is 0 Å². The maximum absolute atomic E-state index is 3.73. The van der Waals surface area contributed by atoms with Crippen LogP contribution >= 0.6 is 0 Å². The number of rotatable bonds is 4. The summed E-state index contributed by atoms with van der Waals surface area (Å²) in [5.74, 6) is 0.902. The molecule has 0 radical (unpaired) electrons. The molecular formula is C15H28N2. The minimum Gasteiger partial charge on any atom is -0.314 e. The second-order valence-corrected chi connectivity index (χ2v) is 6.02. The number of piperidine rings is 1. The molecule has 2 heteroatoms. The van der Waals surface area contributed by atoms with Gasteiger partial charge in [-0.3, -0.25) is 0 Å². The largest absolute Gasteiger partial charge is 0.314 e. The third kappa shape index (κ3) is 4.44. The van der Waals surface area contributed by atoms with Gasteiger partial charge < -0.3 is 10.6 Å². The Kier molecular flexibility index (Phi) is 5.05. The predicted octanol–water partition coefficient (Wildman–Crippen LogP) is 2.85. The van der Waals surface area contributed by atoms with Gasteiger partial charge in [0.25, 0.3) is 0 Å². The molecule has 1 aliphatic heterocycles. The van der Waals surface area contributed by atoms with Crippen LogP contribution in [0.5, 0.6) is 0 Å². The molecule has 3 unspecified atom stereocenters. The zero-order valence-corrected chi connectivity index (χ0v) is 11.5. The molecule has 0 aromatic rings. The fourth-order valence-corrected chi connectivity index (χ4v) is 2.95. The summed E-state index contributed by atoms with van der Waals surface area (Å²) < 4.78 is 0. The van der Waals surface area contributed by atoms with Crippen LogP contribution in [0, 0.1) is 5.92 Å². The Morgan fingerprint density at radius 2 is 2.24 bits per heavy atom. The zero-order chi connectivity index (χ0) is 12.1. The highest BCUT2D eigenvalue weighted by atomic mass is 14.9. The summed E-state index contributed by atoms with van der Waals surface area (Å²) in [4.78, 5) is 0. The topological polar surface area (TPSA) is 24.1 Å². The Hall–Kier alpha value is -0.340. The van der Waals surface area contributed by atoms with Gasteiger partial charge in [0.1, 0.15) is 0 Å². The maximum atomic E-state index is 3.73. The Morgan fingerprint density at radius 3 is 2.88 bits per heavy atom. The molecule has 3 atom stereocenters. The third-order valence-corrected chi connectivity index (χ3v) is 4.39. The smallest absolute Gasteiger partial charge is 0.0105 e. The van der Waals surface area contributed by atoms with Gasteiger partial charge in [-0.2, -0.15) is 0 Å². The summed E-state index contributed by atoms with van der Waals surface area (Å²) in [6.45, 7) is 6.99. The van der Waals surface area contributed by atoms with E-state index in [0.29, 0.717) is 0 Å². The fourth-order valence-electron chi connectivity index (χ4n) is 2.95. The SMILES string of the molecule is CC1=CCC(NCCC2CCC(C)NC2)CC1. The van der Waals surface area contributed by atoms with Gasteiger partial charge in [0, 0.05) is 12.1 Å². The van der Waals surface area contributed by atoms with Gasteiger partial charge in [-0.25, -0.2) is 0 Å². The van der Waals surface area contributed by atoms with Crippen LogP contribution in [0.25, 0.3) is 0 Å². The first-order valence-corrected chi connectivity index (χ1v) is 7.36. The van der Waals surface area contributed by atoms with Crippen LogP contribution in [0.3, 0.4) is 0 Å². The monoisotopic (exact) mass is 236 g/mol. The molecule has 2 rings (SSSR count). The van der Waals surface area contributed by atoms with E-state index in [0.717, 1.165) is 18.0 Å².